The minimum atomic E-state index is -0.463. The summed E-state index contributed by atoms with van der Waals surface area (Å²) in [7, 11) is 5.32. The lowest BCUT2D eigenvalue weighted by Crippen LogP contribution is -2.36. The molecule has 0 saturated heterocycles. The lowest BCUT2D eigenvalue weighted by molar-refractivity contribution is -0.136. The number of Topliss-reactive ketones (excluding diaryl/α,β-unsaturated/α-hetero) is 1. The highest BCUT2D eigenvalue weighted by Crippen LogP contribution is 2.46. The molecule has 0 aromatic heterocycles. The van der Waals surface area contributed by atoms with Gasteiger partial charge < -0.3 is 15.0 Å². The first-order chi connectivity index (χ1) is 15.3. The first kappa shape index (κ1) is 22.2. The fourth-order valence-corrected chi connectivity index (χ4v) is 5.03. The molecule has 5 nitrogen and oxygen atoms in total. The van der Waals surface area contributed by atoms with Crippen LogP contribution in [-0.4, -0.2) is 33.0 Å². The number of rotatable bonds is 4. The van der Waals surface area contributed by atoms with Crippen molar-refractivity contribution >= 4 is 29.0 Å². The molecule has 0 saturated carbocycles. The third kappa shape index (κ3) is 3.93. The van der Waals surface area contributed by atoms with E-state index in [9.17, 15) is 9.59 Å². The zero-order valence-corrected chi connectivity index (χ0v) is 19.5. The minimum absolute atomic E-state index is 0.00769. The van der Waals surface area contributed by atoms with Gasteiger partial charge in [-0.05, 0) is 48.6 Å². The minimum Gasteiger partial charge on any atom is -0.466 e. The molecular weight excluding hydrogens is 424 g/mol. The Morgan fingerprint density at radius 1 is 1.09 bits per heavy atom. The van der Waals surface area contributed by atoms with Gasteiger partial charge in [-0.15, -0.1) is 0 Å². The molecule has 0 fully saturated rings. The van der Waals surface area contributed by atoms with Gasteiger partial charge in [0, 0.05) is 54.1 Å². The van der Waals surface area contributed by atoms with Gasteiger partial charge in [0.2, 0.25) is 0 Å². The summed E-state index contributed by atoms with van der Waals surface area (Å²) in [5.74, 6) is -0.871. The second-order valence-electron chi connectivity index (χ2n) is 8.52. The van der Waals surface area contributed by atoms with E-state index < -0.39 is 11.9 Å². The lowest BCUT2D eigenvalue weighted by Gasteiger charge is -2.36. The van der Waals surface area contributed by atoms with Crippen molar-refractivity contribution in [3.05, 3.63) is 87.2 Å². The van der Waals surface area contributed by atoms with Crippen LogP contribution in [0.4, 0.5) is 5.69 Å². The number of nitrogens with one attached hydrogen (secondary N) is 1. The molecule has 4 rings (SSSR count). The number of nitrogens with zero attached hydrogens (tertiary/aromatic N) is 1. The summed E-state index contributed by atoms with van der Waals surface area (Å²) in [5.41, 5.74) is 5.62. The molecule has 1 aliphatic carbocycles. The van der Waals surface area contributed by atoms with E-state index in [2.05, 4.69) is 5.32 Å². The maximum atomic E-state index is 13.5. The number of carbonyl (C=O) groups excluding carboxylic acids is 2. The molecule has 0 radical (unpaired) electrons. The molecule has 2 aromatic rings. The van der Waals surface area contributed by atoms with Crippen molar-refractivity contribution in [1.82, 2.24) is 5.32 Å². The SMILES string of the molecule is COC(=O)C1=C(C)NC2=C(C(=O)C[C@@H](c3ccccc3Cl)C2)[C@H]1c1ccc(N(C)C)cc1. The molecule has 1 heterocycles. The summed E-state index contributed by atoms with van der Waals surface area (Å²) in [6.07, 6.45) is 1.01. The predicted molar refractivity (Wildman–Crippen MR) is 127 cm³/mol. The number of allylic oxidation sites excluding steroid dienone is 3. The van der Waals surface area contributed by atoms with Crippen LogP contribution < -0.4 is 10.2 Å². The predicted octanol–water partition coefficient (Wildman–Crippen LogP) is 4.94. The molecule has 1 aliphatic heterocycles. The number of dihydropyridines is 1. The Kier molecular flexibility index (Phi) is 6.11. The third-order valence-corrected chi connectivity index (χ3v) is 6.66. The monoisotopic (exact) mass is 450 g/mol. The average molecular weight is 451 g/mol. The number of halogens is 1. The molecule has 6 heteroatoms. The van der Waals surface area contributed by atoms with Gasteiger partial charge in [-0.1, -0.05) is 41.9 Å². The fraction of sp³-hybridized carbons (Fsp3) is 0.308. The van der Waals surface area contributed by atoms with E-state index in [-0.39, 0.29) is 11.7 Å². The second kappa shape index (κ2) is 8.83. The van der Waals surface area contributed by atoms with Crippen molar-refractivity contribution in [3.63, 3.8) is 0 Å². The van der Waals surface area contributed by atoms with Gasteiger partial charge in [-0.25, -0.2) is 4.79 Å². The van der Waals surface area contributed by atoms with E-state index in [4.69, 9.17) is 16.3 Å². The maximum absolute atomic E-state index is 13.5. The van der Waals surface area contributed by atoms with E-state index in [1.807, 2.05) is 74.4 Å². The summed E-state index contributed by atoms with van der Waals surface area (Å²) in [4.78, 5) is 28.3. The highest BCUT2D eigenvalue weighted by molar-refractivity contribution is 6.31. The summed E-state index contributed by atoms with van der Waals surface area (Å²) >= 11 is 6.44. The summed E-state index contributed by atoms with van der Waals surface area (Å²) < 4.78 is 5.10. The van der Waals surface area contributed by atoms with Crippen LogP contribution in [0, 0.1) is 0 Å². The van der Waals surface area contributed by atoms with Gasteiger partial charge in [0.05, 0.1) is 12.7 Å². The van der Waals surface area contributed by atoms with Crippen LogP contribution in [0.15, 0.2) is 71.1 Å². The number of hydrogen-bond donors (Lipinski definition) is 1. The van der Waals surface area contributed by atoms with Gasteiger partial charge in [0.25, 0.3) is 0 Å². The number of carbonyl (C=O) groups is 2. The van der Waals surface area contributed by atoms with Gasteiger partial charge in [0.15, 0.2) is 5.78 Å². The molecule has 2 atom stereocenters. The van der Waals surface area contributed by atoms with Crippen molar-refractivity contribution < 1.29 is 14.3 Å². The Labute approximate surface area is 193 Å². The normalized spacial score (nSPS) is 20.6. The van der Waals surface area contributed by atoms with Crippen LogP contribution in [0.1, 0.15) is 42.7 Å². The van der Waals surface area contributed by atoms with Crippen LogP contribution in [0.2, 0.25) is 5.02 Å². The van der Waals surface area contributed by atoms with Gasteiger partial charge in [-0.3, -0.25) is 4.79 Å². The fourth-order valence-electron chi connectivity index (χ4n) is 4.74. The van der Waals surface area contributed by atoms with Crippen LogP contribution in [-0.2, 0) is 14.3 Å². The van der Waals surface area contributed by atoms with E-state index in [0.29, 0.717) is 34.7 Å². The molecule has 0 spiro atoms. The van der Waals surface area contributed by atoms with Crippen LogP contribution in [0.25, 0.3) is 0 Å². The Morgan fingerprint density at radius 3 is 2.41 bits per heavy atom. The highest BCUT2D eigenvalue weighted by atomic mass is 35.5. The molecule has 2 aromatic carbocycles. The molecule has 32 heavy (non-hydrogen) atoms. The van der Waals surface area contributed by atoms with Gasteiger partial charge >= 0.3 is 5.97 Å². The van der Waals surface area contributed by atoms with Crippen LogP contribution >= 0.6 is 11.6 Å². The molecule has 1 N–H and O–H groups in total. The van der Waals surface area contributed by atoms with Crippen molar-refractivity contribution in [2.75, 3.05) is 26.1 Å². The summed E-state index contributed by atoms with van der Waals surface area (Å²) in [6.45, 7) is 1.86. The largest absolute Gasteiger partial charge is 0.466 e. The van der Waals surface area contributed by atoms with Crippen LogP contribution in [0.3, 0.4) is 0 Å². The smallest absolute Gasteiger partial charge is 0.336 e. The maximum Gasteiger partial charge on any atom is 0.336 e. The van der Waals surface area contributed by atoms with Crippen molar-refractivity contribution in [1.29, 1.82) is 0 Å². The average Bonchev–Trinajstić information content (AvgIpc) is 2.78. The number of anilines is 1. The number of hydrogen-bond acceptors (Lipinski definition) is 5. The highest BCUT2D eigenvalue weighted by Gasteiger charge is 2.41. The quantitative estimate of drug-likeness (QED) is 0.668. The number of benzene rings is 2. The number of methoxy groups -OCH3 is 1. The van der Waals surface area contributed by atoms with Gasteiger partial charge in [-0.2, -0.15) is 0 Å². The van der Waals surface area contributed by atoms with Gasteiger partial charge in [0.1, 0.15) is 0 Å². The molecule has 2 aliphatic rings. The Hall–Kier alpha value is -3.05. The molecule has 0 unspecified atom stereocenters. The van der Waals surface area contributed by atoms with E-state index in [1.54, 1.807) is 0 Å². The van der Waals surface area contributed by atoms with Crippen LogP contribution in [0.5, 0.6) is 0 Å². The summed E-state index contributed by atoms with van der Waals surface area (Å²) in [5, 5.41) is 4.02. The molecular formula is C26H27ClN2O3. The number of ketones is 1. The number of ether oxygens (including phenoxy) is 1. The lowest BCUT2D eigenvalue weighted by atomic mass is 9.71. The Balaban J connectivity index is 1.80. The van der Waals surface area contributed by atoms with E-state index >= 15 is 0 Å². The van der Waals surface area contributed by atoms with E-state index in [1.165, 1.54) is 7.11 Å². The summed E-state index contributed by atoms with van der Waals surface area (Å²) in [6, 6.07) is 15.6. The topological polar surface area (TPSA) is 58.6 Å². The molecule has 0 bridgehead atoms. The van der Waals surface area contributed by atoms with E-state index in [0.717, 1.165) is 22.5 Å². The Morgan fingerprint density at radius 2 is 1.78 bits per heavy atom. The third-order valence-electron chi connectivity index (χ3n) is 6.32. The second-order valence-corrected chi connectivity index (χ2v) is 8.92. The zero-order valence-electron chi connectivity index (χ0n) is 18.7. The standard InChI is InChI=1S/C26H27ClN2O3/c1-15-23(26(31)32-4)24(16-9-11-18(12-10-16)29(2)3)25-21(28-15)13-17(14-22(25)30)19-7-5-6-8-20(19)27/h5-12,17,24,28H,13-14H2,1-4H3/t17-,24-/m0/s1. The zero-order chi connectivity index (χ0) is 23.0. The first-order valence-electron chi connectivity index (χ1n) is 10.7. The first-order valence-corrected chi connectivity index (χ1v) is 11.0. The number of esters is 1. The van der Waals surface area contributed by atoms with Crippen molar-refractivity contribution in [2.45, 2.75) is 31.6 Å². The van der Waals surface area contributed by atoms with Crippen molar-refractivity contribution in [3.8, 4) is 0 Å². The molecule has 0 amide bonds. The van der Waals surface area contributed by atoms with Crippen molar-refractivity contribution in [2.24, 2.45) is 0 Å². The molecule has 166 valence electrons. The Bertz CT molecular complexity index is 1130.